The molecular formula is C9H15NO3. The van der Waals surface area contributed by atoms with Crippen LogP contribution in [0.25, 0.3) is 0 Å². The van der Waals surface area contributed by atoms with Crippen LogP contribution in [0, 0.1) is 0 Å². The molecule has 1 saturated heterocycles. The predicted octanol–water partition coefficient (Wildman–Crippen LogP) is 0.348. The lowest BCUT2D eigenvalue weighted by Crippen LogP contribution is -2.51. The van der Waals surface area contributed by atoms with E-state index in [0.29, 0.717) is 12.6 Å². The van der Waals surface area contributed by atoms with Gasteiger partial charge in [0, 0.05) is 32.3 Å². The highest BCUT2D eigenvalue weighted by Crippen LogP contribution is 2.10. The van der Waals surface area contributed by atoms with Gasteiger partial charge < -0.3 is 9.84 Å². The molecule has 0 aromatic heterocycles. The van der Waals surface area contributed by atoms with E-state index in [1.165, 1.54) is 6.08 Å². The fraction of sp³-hybridized carbons (Fsp3) is 0.667. The molecule has 1 aliphatic heterocycles. The van der Waals surface area contributed by atoms with Crippen molar-refractivity contribution in [3.8, 4) is 0 Å². The number of carboxylic acids is 1. The molecule has 74 valence electrons. The van der Waals surface area contributed by atoms with Gasteiger partial charge in [0.15, 0.2) is 0 Å². The summed E-state index contributed by atoms with van der Waals surface area (Å²) in [5, 5.41) is 8.32. The van der Waals surface area contributed by atoms with Crippen molar-refractivity contribution in [1.29, 1.82) is 0 Å². The number of rotatable bonds is 5. The minimum absolute atomic E-state index is 0.350. The van der Waals surface area contributed by atoms with Gasteiger partial charge in [-0.25, -0.2) is 4.79 Å². The second kappa shape index (κ2) is 4.99. The van der Waals surface area contributed by atoms with E-state index >= 15 is 0 Å². The zero-order valence-electron chi connectivity index (χ0n) is 7.77. The van der Waals surface area contributed by atoms with E-state index in [9.17, 15) is 4.79 Å². The standard InChI is InChI=1S/C9H15NO3/c1-2-13-8-6-10(7-8)5-3-4-9(11)12/h3-4,8H,2,5-7H2,1H3,(H,11,12)/b4-3+. The topological polar surface area (TPSA) is 49.8 Å². The summed E-state index contributed by atoms with van der Waals surface area (Å²) in [4.78, 5) is 12.3. The number of ether oxygens (including phenoxy) is 1. The number of hydrogen-bond acceptors (Lipinski definition) is 3. The van der Waals surface area contributed by atoms with Crippen molar-refractivity contribution in [3.63, 3.8) is 0 Å². The summed E-state index contributed by atoms with van der Waals surface area (Å²) in [7, 11) is 0. The van der Waals surface area contributed by atoms with Crippen LogP contribution in [-0.2, 0) is 9.53 Å². The average molecular weight is 185 g/mol. The van der Waals surface area contributed by atoms with Gasteiger partial charge in [-0.15, -0.1) is 0 Å². The molecule has 1 N–H and O–H groups in total. The van der Waals surface area contributed by atoms with Crippen molar-refractivity contribution >= 4 is 5.97 Å². The Bertz CT molecular complexity index is 197. The van der Waals surface area contributed by atoms with E-state index in [2.05, 4.69) is 4.90 Å². The van der Waals surface area contributed by atoms with Crippen molar-refractivity contribution in [3.05, 3.63) is 12.2 Å². The van der Waals surface area contributed by atoms with Crippen LogP contribution in [-0.4, -0.2) is 48.3 Å². The molecule has 1 aliphatic rings. The molecule has 13 heavy (non-hydrogen) atoms. The first-order valence-electron chi connectivity index (χ1n) is 4.45. The Morgan fingerprint density at radius 3 is 2.92 bits per heavy atom. The molecule has 1 rings (SSSR count). The molecule has 0 amide bonds. The Morgan fingerprint density at radius 1 is 1.69 bits per heavy atom. The fourth-order valence-electron chi connectivity index (χ4n) is 1.32. The van der Waals surface area contributed by atoms with Gasteiger partial charge in [-0.3, -0.25) is 4.90 Å². The van der Waals surface area contributed by atoms with Crippen LogP contribution in [0.15, 0.2) is 12.2 Å². The third-order valence-electron chi connectivity index (χ3n) is 1.95. The average Bonchev–Trinajstić information content (AvgIpc) is 1.99. The van der Waals surface area contributed by atoms with Crippen molar-refractivity contribution in [2.75, 3.05) is 26.2 Å². The molecule has 4 heteroatoms. The second-order valence-corrected chi connectivity index (χ2v) is 3.04. The maximum Gasteiger partial charge on any atom is 0.328 e. The van der Waals surface area contributed by atoms with Crippen LogP contribution in [0.1, 0.15) is 6.92 Å². The van der Waals surface area contributed by atoms with E-state index in [1.54, 1.807) is 6.08 Å². The predicted molar refractivity (Wildman–Crippen MR) is 48.6 cm³/mol. The lowest BCUT2D eigenvalue weighted by molar-refractivity contribution is -0.131. The molecule has 0 spiro atoms. The van der Waals surface area contributed by atoms with Crippen molar-refractivity contribution in [2.45, 2.75) is 13.0 Å². The highest BCUT2D eigenvalue weighted by Gasteiger charge is 2.25. The molecule has 0 aromatic carbocycles. The maximum atomic E-state index is 10.1. The minimum Gasteiger partial charge on any atom is -0.478 e. The number of carbonyl (C=O) groups is 1. The molecule has 4 nitrogen and oxygen atoms in total. The van der Waals surface area contributed by atoms with Gasteiger partial charge in [0.25, 0.3) is 0 Å². The van der Waals surface area contributed by atoms with Crippen LogP contribution >= 0.6 is 0 Å². The first-order chi connectivity index (χ1) is 6.22. The summed E-state index contributed by atoms with van der Waals surface area (Å²) < 4.78 is 5.35. The monoisotopic (exact) mass is 185 g/mol. The Hall–Kier alpha value is -0.870. The van der Waals surface area contributed by atoms with Crippen LogP contribution in [0.3, 0.4) is 0 Å². The molecule has 0 radical (unpaired) electrons. The highest BCUT2D eigenvalue weighted by molar-refractivity contribution is 5.79. The molecule has 1 fully saturated rings. The first-order valence-corrected chi connectivity index (χ1v) is 4.45. The van der Waals surface area contributed by atoms with Gasteiger partial charge in [0.05, 0.1) is 6.10 Å². The number of nitrogens with zero attached hydrogens (tertiary/aromatic N) is 1. The highest BCUT2D eigenvalue weighted by atomic mass is 16.5. The lowest BCUT2D eigenvalue weighted by Gasteiger charge is -2.37. The van der Waals surface area contributed by atoms with E-state index < -0.39 is 5.97 Å². The second-order valence-electron chi connectivity index (χ2n) is 3.04. The summed E-state index contributed by atoms with van der Waals surface area (Å²) in [5.41, 5.74) is 0. The van der Waals surface area contributed by atoms with E-state index in [4.69, 9.17) is 9.84 Å². The summed E-state index contributed by atoms with van der Waals surface area (Å²) in [6, 6.07) is 0. The first kappa shape index (κ1) is 10.2. The Kier molecular flexibility index (Phi) is 3.92. The molecule has 1 heterocycles. The normalized spacial score (nSPS) is 19.2. The van der Waals surface area contributed by atoms with E-state index in [-0.39, 0.29) is 0 Å². The minimum atomic E-state index is -0.887. The van der Waals surface area contributed by atoms with Crippen molar-refractivity contribution in [1.82, 2.24) is 4.90 Å². The van der Waals surface area contributed by atoms with E-state index in [1.807, 2.05) is 6.92 Å². The molecule has 0 saturated carbocycles. The third kappa shape index (κ3) is 3.57. The number of aliphatic carboxylic acids is 1. The zero-order valence-corrected chi connectivity index (χ0v) is 7.77. The molecule has 0 bridgehead atoms. The van der Waals surface area contributed by atoms with Gasteiger partial charge in [-0.05, 0) is 6.92 Å². The van der Waals surface area contributed by atoms with E-state index in [0.717, 1.165) is 19.7 Å². The number of carboxylic acid groups (broad SMARTS) is 1. The molecule has 0 unspecified atom stereocenters. The summed E-state index contributed by atoms with van der Waals surface area (Å²) in [6.45, 7) is 5.27. The third-order valence-corrected chi connectivity index (χ3v) is 1.95. The fourth-order valence-corrected chi connectivity index (χ4v) is 1.32. The Balaban J connectivity index is 2.05. The number of likely N-dealkylation sites (tertiary alicyclic amines) is 1. The zero-order chi connectivity index (χ0) is 9.68. The maximum absolute atomic E-state index is 10.1. The Morgan fingerprint density at radius 2 is 2.38 bits per heavy atom. The molecule has 0 atom stereocenters. The van der Waals surface area contributed by atoms with Crippen molar-refractivity contribution < 1.29 is 14.6 Å². The Labute approximate surface area is 77.8 Å². The molecule has 0 aromatic rings. The molecule has 0 aliphatic carbocycles. The van der Waals surface area contributed by atoms with Gasteiger partial charge in [0.1, 0.15) is 0 Å². The molecular weight excluding hydrogens is 170 g/mol. The van der Waals surface area contributed by atoms with Crippen LogP contribution < -0.4 is 0 Å². The van der Waals surface area contributed by atoms with Gasteiger partial charge in [-0.1, -0.05) is 6.08 Å². The lowest BCUT2D eigenvalue weighted by atomic mass is 10.1. The van der Waals surface area contributed by atoms with Gasteiger partial charge >= 0.3 is 5.97 Å². The summed E-state index contributed by atoms with van der Waals surface area (Å²) in [5.74, 6) is -0.887. The van der Waals surface area contributed by atoms with Crippen molar-refractivity contribution in [2.24, 2.45) is 0 Å². The van der Waals surface area contributed by atoms with Gasteiger partial charge in [0.2, 0.25) is 0 Å². The largest absolute Gasteiger partial charge is 0.478 e. The number of hydrogen-bond donors (Lipinski definition) is 1. The van der Waals surface area contributed by atoms with Crippen LogP contribution in [0.2, 0.25) is 0 Å². The summed E-state index contributed by atoms with van der Waals surface area (Å²) in [6.07, 6.45) is 3.18. The van der Waals surface area contributed by atoms with Crippen LogP contribution in [0.5, 0.6) is 0 Å². The quantitative estimate of drug-likeness (QED) is 0.628. The summed E-state index contributed by atoms with van der Waals surface area (Å²) >= 11 is 0. The smallest absolute Gasteiger partial charge is 0.328 e. The SMILES string of the molecule is CCOC1CN(C/C=C/C(=O)O)C1. The van der Waals surface area contributed by atoms with Gasteiger partial charge in [-0.2, -0.15) is 0 Å². The van der Waals surface area contributed by atoms with Crippen LogP contribution in [0.4, 0.5) is 0 Å².